The van der Waals surface area contributed by atoms with E-state index in [1.807, 2.05) is 24.3 Å². The van der Waals surface area contributed by atoms with Gasteiger partial charge in [-0.3, -0.25) is 4.90 Å². The largest absolute Gasteiger partial charge is 0.447 e. The van der Waals surface area contributed by atoms with Gasteiger partial charge < -0.3 is 15.4 Å². The maximum absolute atomic E-state index is 11.5. The van der Waals surface area contributed by atoms with E-state index in [0.29, 0.717) is 25.7 Å². The fourth-order valence-corrected chi connectivity index (χ4v) is 2.92. The predicted octanol–water partition coefficient (Wildman–Crippen LogP) is 2.19. The van der Waals surface area contributed by atoms with E-state index in [1.165, 1.54) is 12.8 Å². The van der Waals surface area contributed by atoms with Gasteiger partial charge in [-0.15, -0.1) is 0 Å². The Morgan fingerprint density at radius 1 is 1.26 bits per heavy atom. The molecule has 2 aliphatic heterocycles. The quantitative estimate of drug-likeness (QED) is 0.685. The number of hydrogen-bond donors (Lipinski definition) is 1. The van der Waals surface area contributed by atoms with Crippen molar-refractivity contribution in [1.29, 1.82) is 0 Å². The molecule has 6 nitrogen and oxygen atoms in total. The third-order valence-corrected chi connectivity index (χ3v) is 4.54. The summed E-state index contributed by atoms with van der Waals surface area (Å²) in [6, 6.07) is 7.82. The predicted molar refractivity (Wildman–Crippen MR) is 90.4 cm³/mol. The van der Waals surface area contributed by atoms with Crippen LogP contribution in [0.25, 0.3) is 0 Å². The lowest BCUT2D eigenvalue weighted by atomic mass is 10.00. The highest BCUT2D eigenvalue weighted by Gasteiger charge is 2.23. The van der Waals surface area contributed by atoms with Crippen LogP contribution in [0.3, 0.4) is 0 Å². The Morgan fingerprint density at radius 3 is 2.57 bits per heavy atom. The van der Waals surface area contributed by atoms with Gasteiger partial charge in [0.2, 0.25) is 0 Å². The fraction of sp³-hybridized carbons (Fsp3) is 0.529. The van der Waals surface area contributed by atoms with E-state index < -0.39 is 0 Å². The minimum Gasteiger partial charge on any atom is -0.447 e. The molecule has 0 atom stereocenters. The average Bonchev–Trinajstić information content (AvgIpc) is 3.00. The number of rotatable bonds is 3. The Morgan fingerprint density at radius 2 is 1.96 bits per heavy atom. The Balaban J connectivity index is 1.57. The minimum absolute atomic E-state index is 0.278. The van der Waals surface area contributed by atoms with E-state index in [2.05, 4.69) is 16.8 Å². The lowest BCUT2D eigenvalue weighted by Crippen LogP contribution is -2.42. The van der Waals surface area contributed by atoms with Gasteiger partial charge in [-0.25, -0.2) is 9.79 Å². The molecule has 3 rings (SSSR count). The molecule has 2 aliphatic rings. The van der Waals surface area contributed by atoms with Crippen molar-refractivity contribution in [2.75, 3.05) is 31.1 Å². The minimum atomic E-state index is -0.278. The monoisotopic (exact) mass is 316 g/mol. The summed E-state index contributed by atoms with van der Waals surface area (Å²) in [5, 5.41) is 0. The molecule has 23 heavy (non-hydrogen) atoms. The third kappa shape index (κ3) is 3.75. The fourth-order valence-electron chi connectivity index (χ4n) is 2.92. The Kier molecular flexibility index (Phi) is 4.69. The summed E-state index contributed by atoms with van der Waals surface area (Å²) in [6.07, 6.45) is 2.08. The van der Waals surface area contributed by atoms with Crippen molar-refractivity contribution >= 4 is 17.7 Å². The highest BCUT2D eigenvalue weighted by atomic mass is 16.6. The normalized spacial score (nSPS) is 20.0. The van der Waals surface area contributed by atoms with E-state index in [1.54, 1.807) is 4.90 Å². The molecule has 0 radical (unpaired) electrons. The highest BCUT2D eigenvalue weighted by Crippen LogP contribution is 2.20. The number of nitrogens with zero attached hydrogens (tertiary/aromatic N) is 3. The number of hydrogen-bond acceptors (Lipinski definition) is 3. The second kappa shape index (κ2) is 6.89. The van der Waals surface area contributed by atoms with Crippen LogP contribution in [0.4, 0.5) is 10.5 Å². The number of ether oxygens (including phenoxy) is 1. The molecule has 0 unspecified atom stereocenters. The van der Waals surface area contributed by atoms with Crippen molar-refractivity contribution in [2.45, 2.75) is 26.3 Å². The van der Waals surface area contributed by atoms with Gasteiger partial charge in [0.1, 0.15) is 6.61 Å². The first-order valence-corrected chi connectivity index (χ1v) is 8.21. The molecule has 1 aromatic rings. The Bertz CT molecular complexity index is 577. The summed E-state index contributed by atoms with van der Waals surface area (Å²) in [6.45, 7) is 5.89. The van der Waals surface area contributed by atoms with Gasteiger partial charge in [-0.05, 0) is 36.5 Å². The number of likely N-dealkylation sites (tertiary alicyclic amines) is 1. The Labute approximate surface area is 136 Å². The van der Waals surface area contributed by atoms with Crippen molar-refractivity contribution in [3.05, 3.63) is 29.8 Å². The maximum atomic E-state index is 11.5. The maximum Gasteiger partial charge on any atom is 0.414 e. The van der Waals surface area contributed by atoms with E-state index in [-0.39, 0.29) is 6.09 Å². The van der Waals surface area contributed by atoms with Gasteiger partial charge in [-0.1, -0.05) is 19.1 Å². The molecule has 0 spiro atoms. The number of guanidine groups is 1. The smallest absolute Gasteiger partial charge is 0.414 e. The summed E-state index contributed by atoms with van der Waals surface area (Å²) < 4.78 is 4.95. The third-order valence-electron chi connectivity index (χ3n) is 4.54. The van der Waals surface area contributed by atoms with Crippen LogP contribution in [0.15, 0.2) is 29.3 Å². The lowest BCUT2D eigenvalue weighted by Gasteiger charge is -2.31. The van der Waals surface area contributed by atoms with Gasteiger partial charge in [0.25, 0.3) is 0 Å². The number of benzene rings is 1. The molecule has 6 heteroatoms. The zero-order valence-electron chi connectivity index (χ0n) is 13.6. The first kappa shape index (κ1) is 15.6. The highest BCUT2D eigenvalue weighted by molar-refractivity contribution is 5.89. The summed E-state index contributed by atoms with van der Waals surface area (Å²) in [5.74, 6) is 1.41. The molecule has 2 N–H and O–H groups in total. The molecule has 2 heterocycles. The number of carbonyl (C=O) groups excluding carboxylic acids is 1. The molecule has 0 aromatic heterocycles. The van der Waals surface area contributed by atoms with Crippen molar-refractivity contribution in [2.24, 2.45) is 16.6 Å². The van der Waals surface area contributed by atoms with E-state index in [9.17, 15) is 4.79 Å². The van der Waals surface area contributed by atoms with Gasteiger partial charge >= 0.3 is 6.09 Å². The number of aliphatic imine (C=N–C) groups is 1. The van der Waals surface area contributed by atoms with Crippen molar-refractivity contribution < 1.29 is 9.53 Å². The van der Waals surface area contributed by atoms with Crippen LogP contribution in [-0.4, -0.2) is 43.2 Å². The van der Waals surface area contributed by atoms with Crippen LogP contribution < -0.4 is 10.6 Å². The zero-order valence-corrected chi connectivity index (χ0v) is 13.6. The summed E-state index contributed by atoms with van der Waals surface area (Å²) in [7, 11) is 0. The number of nitrogens with two attached hydrogens (primary N) is 1. The molecule has 0 aliphatic carbocycles. The standard InChI is InChI=1S/C17H24N4O2/c1-13-6-8-20(9-7-13)16(18)19-12-14-2-4-15(5-3-14)21-10-11-23-17(21)22/h2-5,13H,6-12H2,1H3,(H2,18,19). The second-order valence-electron chi connectivity index (χ2n) is 6.28. The van der Waals surface area contributed by atoms with Gasteiger partial charge in [0.05, 0.1) is 13.1 Å². The topological polar surface area (TPSA) is 71.2 Å². The molecule has 2 fully saturated rings. The second-order valence-corrected chi connectivity index (χ2v) is 6.28. The van der Waals surface area contributed by atoms with Crippen LogP contribution in [0.2, 0.25) is 0 Å². The van der Waals surface area contributed by atoms with Crippen LogP contribution in [0, 0.1) is 5.92 Å². The van der Waals surface area contributed by atoms with E-state index >= 15 is 0 Å². The van der Waals surface area contributed by atoms with E-state index in [4.69, 9.17) is 10.5 Å². The molecule has 2 saturated heterocycles. The number of piperidine rings is 1. The first-order chi connectivity index (χ1) is 11.1. The van der Waals surface area contributed by atoms with Crippen molar-refractivity contribution in [3.63, 3.8) is 0 Å². The number of amides is 1. The number of anilines is 1. The number of carbonyl (C=O) groups is 1. The zero-order chi connectivity index (χ0) is 16.2. The van der Waals surface area contributed by atoms with Gasteiger partial charge in [0.15, 0.2) is 5.96 Å². The van der Waals surface area contributed by atoms with Gasteiger partial charge in [0, 0.05) is 18.8 Å². The van der Waals surface area contributed by atoms with Crippen LogP contribution >= 0.6 is 0 Å². The number of cyclic esters (lactones) is 1. The molecule has 1 aromatic carbocycles. The summed E-state index contributed by atoms with van der Waals surface area (Å²) >= 11 is 0. The molecule has 124 valence electrons. The van der Waals surface area contributed by atoms with Crippen LogP contribution in [0.5, 0.6) is 0 Å². The molecule has 0 bridgehead atoms. The lowest BCUT2D eigenvalue weighted by molar-refractivity contribution is 0.181. The molecule has 1 amide bonds. The molecular formula is C17H24N4O2. The Hall–Kier alpha value is -2.24. The van der Waals surface area contributed by atoms with Crippen molar-refractivity contribution in [1.82, 2.24) is 4.90 Å². The SMILES string of the molecule is CC1CCN(C(N)=NCc2ccc(N3CCOC3=O)cc2)CC1. The van der Waals surface area contributed by atoms with E-state index in [0.717, 1.165) is 30.3 Å². The van der Waals surface area contributed by atoms with Gasteiger partial charge in [-0.2, -0.15) is 0 Å². The summed E-state index contributed by atoms with van der Waals surface area (Å²) in [4.78, 5) is 19.8. The van der Waals surface area contributed by atoms with Crippen LogP contribution in [-0.2, 0) is 11.3 Å². The average molecular weight is 316 g/mol. The first-order valence-electron chi connectivity index (χ1n) is 8.21. The molecular weight excluding hydrogens is 292 g/mol. The van der Waals surface area contributed by atoms with Crippen molar-refractivity contribution in [3.8, 4) is 0 Å². The summed E-state index contributed by atoms with van der Waals surface area (Å²) in [5.41, 5.74) is 8.03. The molecule has 0 saturated carbocycles. The van der Waals surface area contributed by atoms with Crippen LogP contribution in [0.1, 0.15) is 25.3 Å².